The highest BCUT2D eigenvalue weighted by Gasteiger charge is 2.53. The van der Waals surface area contributed by atoms with Crippen LogP contribution in [0.2, 0.25) is 0 Å². The molecule has 2 aliphatic rings. The second kappa shape index (κ2) is 5.21. The van der Waals surface area contributed by atoms with Crippen LogP contribution < -0.4 is 15.3 Å². The summed E-state index contributed by atoms with van der Waals surface area (Å²) in [5, 5.41) is 5.38. The standard InChI is InChI=1S/C15H22BNO5S/c1-14(2)15(3,4)22-16(21-14)13-11(20-10-8-9-10)6-5-7-12(13)23(17,18)19/h5-7,10H,8-9H2,1-4H3,(H2,17,18,19). The van der Waals surface area contributed by atoms with Crippen LogP contribution in [0.5, 0.6) is 5.75 Å². The number of ether oxygens (including phenoxy) is 1. The quantitative estimate of drug-likeness (QED) is 0.832. The lowest BCUT2D eigenvalue weighted by Crippen LogP contribution is -2.41. The van der Waals surface area contributed by atoms with Gasteiger partial charge in [0.25, 0.3) is 0 Å². The molecule has 0 bridgehead atoms. The van der Waals surface area contributed by atoms with E-state index in [9.17, 15) is 8.42 Å². The molecule has 8 heteroatoms. The van der Waals surface area contributed by atoms with E-state index in [4.69, 9.17) is 19.2 Å². The van der Waals surface area contributed by atoms with Gasteiger partial charge >= 0.3 is 7.12 Å². The van der Waals surface area contributed by atoms with Crippen molar-refractivity contribution in [3.63, 3.8) is 0 Å². The largest absolute Gasteiger partial charge is 0.500 e. The van der Waals surface area contributed by atoms with Crippen LogP contribution in [0.1, 0.15) is 40.5 Å². The van der Waals surface area contributed by atoms with E-state index in [2.05, 4.69) is 0 Å². The van der Waals surface area contributed by atoms with Gasteiger partial charge in [0.15, 0.2) is 0 Å². The zero-order chi connectivity index (χ0) is 17.0. The molecule has 2 N–H and O–H groups in total. The van der Waals surface area contributed by atoms with Crippen molar-refractivity contribution in [2.75, 3.05) is 0 Å². The molecule has 1 saturated heterocycles. The molecule has 1 heterocycles. The normalized spacial score (nSPS) is 23.1. The molecule has 126 valence electrons. The molecule has 1 saturated carbocycles. The molecule has 6 nitrogen and oxygen atoms in total. The molecule has 0 atom stereocenters. The van der Waals surface area contributed by atoms with Crippen LogP contribution >= 0.6 is 0 Å². The summed E-state index contributed by atoms with van der Waals surface area (Å²) in [4.78, 5) is -0.0193. The lowest BCUT2D eigenvalue weighted by molar-refractivity contribution is 0.00578. The molecule has 2 fully saturated rings. The summed E-state index contributed by atoms with van der Waals surface area (Å²) >= 11 is 0. The van der Waals surface area contributed by atoms with E-state index >= 15 is 0 Å². The average molecular weight is 339 g/mol. The second-order valence-electron chi connectivity index (χ2n) is 7.12. The van der Waals surface area contributed by atoms with Gasteiger partial charge in [-0.1, -0.05) is 6.07 Å². The van der Waals surface area contributed by atoms with E-state index < -0.39 is 28.3 Å². The summed E-state index contributed by atoms with van der Waals surface area (Å²) in [6.07, 6.45) is 2.04. The summed E-state index contributed by atoms with van der Waals surface area (Å²) < 4.78 is 41.9. The molecule has 3 rings (SSSR count). The third kappa shape index (κ3) is 3.13. The van der Waals surface area contributed by atoms with Crippen LogP contribution in [0.15, 0.2) is 23.1 Å². The summed E-state index contributed by atoms with van der Waals surface area (Å²) in [5.74, 6) is 0.456. The van der Waals surface area contributed by atoms with Crippen molar-refractivity contribution >= 4 is 22.6 Å². The Labute approximate surface area is 137 Å². The number of sulfonamides is 1. The predicted molar refractivity (Wildman–Crippen MR) is 87.2 cm³/mol. The van der Waals surface area contributed by atoms with E-state index in [1.54, 1.807) is 12.1 Å². The Morgan fingerprint density at radius 3 is 2.22 bits per heavy atom. The van der Waals surface area contributed by atoms with Crippen molar-refractivity contribution in [3.05, 3.63) is 18.2 Å². The number of hydrogen-bond donors (Lipinski definition) is 1. The Morgan fingerprint density at radius 1 is 1.17 bits per heavy atom. The molecular weight excluding hydrogens is 317 g/mol. The van der Waals surface area contributed by atoms with Gasteiger partial charge in [0.2, 0.25) is 10.0 Å². The van der Waals surface area contributed by atoms with Crippen LogP contribution in [-0.2, 0) is 19.3 Å². The zero-order valence-electron chi connectivity index (χ0n) is 13.8. The first-order chi connectivity index (χ1) is 10.5. The molecule has 0 amide bonds. The van der Waals surface area contributed by atoms with Gasteiger partial charge in [0.05, 0.1) is 22.2 Å². The Kier molecular flexibility index (Phi) is 3.79. The molecule has 0 radical (unpaired) electrons. The average Bonchev–Trinajstić information content (AvgIpc) is 3.16. The Hall–Kier alpha value is -1.09. The topological polar surface area (TPSA) is 87.9 Å². The fourth-order valence-corrected chi connectivity index (χ4v) is 3.21. The third-order valence-electron chi connectivity index (χ3n) is 4.64. The Balaban J connectivity index is 2.09. The Morgan fingerprint density at radius 2 is 1.74 bits per heavy atom. The molecular formula is C15H22BNO5S. The molecule has 1 aliphatic carbocycles. The highest BCUT2D eigenvalue weighted by atomic mass is 32.2. The van der Waals surface area contributed by atoms with Gasteiger partial charge in [0.1, 0.15) is 5.75 Å². The number of benzene rings is 1. The first-order valence-corrected chi connectivity index (χ1v) is 9.24. The maximum Gasteiger partial charge on any atom is 0.500 e. The summed E-state index contributed by atoms with van der Waals surface area (Å²) in [6.45, 7) is 7.64. The fraction of sp³-hybridized carbons (Fsp3) is 0.600. The molecule has 1 aliphatic heterocycles. The third-order valence-corrected chi connectivity index (χ3v) is 5.61. The summed E-state index contributed by atoms with van der Waals surface area (Å²) in [5.41, 5.74) is -0.819. The van der Waals surface area contributed by atoms with E-state index in [1.807, 2.05) is 27.7 Å². The van der Waals surface area contributed by atoms with Crippen molar-refractivity contribution < 1.29 is 22.5 Å². The van der Waals surface area contributed by atoms with Crippen LogP contribution in [-0.4, -0.2) is 32.8 Å². The molecule has 0 spiro atoms. The smallest absolute Gasteiger partial charge is 0.491 e. The van der Waals surface area contributed by atoms with Gasteiger partial charge in [-0.2, -0.15) is 0 Å². The van der Waals surface area contributed by atoms with E-state index in [0.717, 1.165) is 12.8 Å². The van der Waals surface area contributed by atoms with Crippen molar-refractivity contribution in [3.8, 4) is 5.75 Å². The number of hydrogen-bond acceptors (Lipinski definition) is 5. The number of primary sulfonamides is 1. The minimum atomic E-state index is -3.92. The van der Waals surface area contributed by atoms with Gasteiger partial charge in [0, 0.05) is 5.46 Å². The van der Waals surface area contributed by atoms with Crippen LogP contribution in [0.25, 0.3) is 0 Å². The minimum Gasteiger partial charge on any atom is -0.491 e. The lowest BCUT2D eigenvalue weighted by Gasteiger charge is -2.32. The molecule has 0 aromatic heterocycles. The minimum absolute atomic E-state index is 0.0193. The van der Waals surface area contributed by atoms with Crippen molar-refractivity contribution in [1.29, 1.82) is 0 Å². The van der Waals surface area contributed by atoms with Gasteiger partial charge < -0.3 is 14.0 Å². The van der Waals surface area contributed by atoms with Gasteiger partial charge in [-0.25, -0.2) is 13.6 Å². The van der Waals surface area contributed by atoms with Crippen molar-refractivity contribution in [2.45, 2.75) is 62.7 Å². The van der Waals surface area contributed by atoms with Crippen molar-refractivity contribution in [1.82, 2.24) is 0 Å². The summed E-state index contributed by atoms with van der Waals surface area (Å²) in [6, 6.07) is 4.80. The second-order valence-corrected chi connectivity index (χ2v) is 8.65. The first-order valence-electron chi connectivity index (χ1n) is 7.69. The van der Waals surface area contributed by atoms with E-state index in [-0.39, 0.29) is 11.0 Å². The zero-order valence-corrected chi connectivity index (χ0v) is 14.6. The Bertz CT molecular complexity index is 711. The molecule has 1 aromatic carbocycles. The number of rotatable bonds is 4. The van der Waals surface area contributed by atoms with Gasteiger partial charge in [-0.15, -0.1) is 0 Å². The highest BCUT2D eigenvalue weighted by molar-refractivity contribution is 7.89. The van der Waals surface area contributed by atoms with E-state index in [1.165, 1.54) is 6.07 Å². The summed E-state index contributed by atoms with van der Waals surface area (Å²) in [7, 11) is -4.77. The first kappa shape index (κ1) is 16.8. The maximum absolute atomic E-state index is 12.0. The van der Waals surface area contributed by atoms with Crippen LogP contribution in [0, 0.1) is 0 Å². The fourth-order valence-electron chi connectivity index (χ4n) is 2.43. The lowest BCUT2D eigenvalue weighted by atomic mass is 9.78. The monoisotopic (exact) mass is 339 g/mol. The highest BCUT2D eigenvalue weighted by Crippen LogP contribution is 2.38. The molecule has 1 aromatic rings. The SMILES string of the molecule is CC1(C)OB(c2c(OC3CC3)cccc2S(N)(=O)=O)OC1(C)C. The molecule has 23 heavy (non-hydrogen) atoms. The number of nitrogens with two attached hydrogens (primary N) is 1. The van der Waals surface area contributed by atoms with Gasteiger partial charge in [-0.05, 0) is 52.7 Å². The van der Waals surface area contributed by atoms with Crippen LogP contribution in [0.4, 0.5) is 0 Å². The predicted octanol–water partition coefficient (Wildman–Crippen LogP) is 1.17. The maximum atomic E-state index is 12.0. The van der Waals surface area contributed by atoms with E-state index in [0.29, 0.717) is 11.2 Å². The van der Waals surface area contributed by atoms with Crippen LogP contribution in [0.3, 0.4) is 0 Å². The van der Waals surface area contributed by atoms with Crippen molar-refractivity contribution in [2.24, 2.45) is 5.14 Å². The molecule has 0 unspecified atom stereocenters. The van der Waals surface area contributed by atoms with Gasteiger partial charge in [-0.3, -0.25) is 0 Å².